The van der Waals surface area contributed by atoms with Crippen molar-refractivity contribution >= 4 is 29.3 Å². The summed E-state index contributed by atoms with van der Waals surface area (Å²) >= 11 is -1.02. The van der Waals surface area contributed by atoms with Crippen molar-refractivity contribution in [3.05, 3.63) is 69.1 Å². The third kappa shape index (κ3) is 4.20. The van der Waals surface area contributed by atoms with Gasteiger partial charge in [0.25, 0.3) is 0 Å². The van der Waals surface area contributed by atoms with E-state index >= 15 is 0 Å². The number of fused-ring (bicyclic) bond motifs is 1. The van der Waals surface area contributed by atoms with Crippen LogP contribution < -0.4 is 0 Å². The Hall–Kier alpha value is -2.46. The van der Waals surface area contributed by atoms with Crippen LogP contribution in [0.15, 0.2) is 48.7 Å². The molecule has 0 spiro atoms. The van der Waals surface area contributed by atoms with E-state index in [1.807, 2.05) is 39.0 Å². The van der Waals surface area contributed by atoms with Gasteiger partial charge >= 0.3 is 198 Å². The third-order valence-electron chi connectivity index (χ3n) is 4.62. The van der Waals surface area contributed by atoms with E-state index in [0.717, 1.165) is 14.5 Å². The van der Waals surface area contributed by atoms with Gasteiger partial charge in [-0.25, -0.2) is 0 Å². The molecule has 1 unspecified atom stereocenters. The monoisotopic (exact) mass is 516 g/mol. The Morgan fingerprint density at radius 2 is 1.90 bits per heavy atom. The van der Waals surface area contributed by atoms with Crippen LogP contribution in [0.2, 0.25) is 0 Å². The Kier molecular flexibility index (Phi) is 3.67. The van der Waals surface area contributed by atoms with Crippen LogP contribution >= 0.6 is 0 Å². The average molecular weight is 514 g/mol. The molecule has 0 radical (unpaired) electrons. The molecule has 0 aliphatic heterocycles. The first-order valence-electron chi connectivity index (χ1n) is 13.1. The molecule has 30 heavy (non-hydrogen) atoms. The second-order valence-corrected chi connectivity index (χ2v) is 11.1. The Labute approximate surface area is 197 Å². The normalized spacial score (nSPS) is 16.9. The summed E-state index contributed by atoms with van der Waals surface area (Å²) in [7, 11) is 0. The van der Waals surface area contributed by atoms with Crippen molar-refractivity contribution in [3.63, 3.8) is 0 Å². The Balaban J connectivity index is 2.00. The van der Waals surface area contributed by atoms with E-state index in [1.165, 1.54) is 12.3 Å². The molecular formula is C26H25N3Te. The topological polar surface area (TPSA) is 49.6 Å². The fraction of sp³-hybridized carbons (Fsp3) is 0.269. The summed E-state index contributed by atoms with van der Waals surface area (Å²) in [5, 5.41) is 9.34. The van der Waals surface area contributed by atoms with Gasteiger partial charge < -0.3 is 0 Å². The SMILES string of the molecule is [2H]C(c1ccc(-c2cc(-c3cccc4nc(C#N)[te]c34)ncc2C([2H])([2H])[2H])c(C([2H])([2H])[2H])c1)C(C)(C)C. The van der Waals surface area contributed by atoms with Crippen molar-refractivity contribution in [2.45, 2.75) is 40.9 Å². The molecule has 0 saturated carbocycles. The minimum absolute atomic E-state index is 0.00341. The number of hydrogen-bond acceptors (Lipinski definition) is 3. The molecule has 4 rings (SSSR count). The van der Waals surface area contributed by atoms with Gasteiger partial charge in [-0.05, 0) is 0 Å². The molecule has 0 saturated heterocycles. The molecule has 0 aliphatic carbocycles. The summed E-state index contributed by atoms with van der Waals surface area (Å²) in [6.07, 6.45) is 0.627. The number of pyridine rings is 1. The second-order valence-electron chi connectivity index (χ2n) is 8.22. The molecule has 4 heteroatoms. The summed E-state index contributed by atoms with van der Waals surface area (Å²) in [5.41, 5.74) is 2.60. The molecule has 4 aromatic rings. The van der Waals surface area contributed by atoms with Crippen LogP contribution in [0.5, 0.6) is 0 Å². The van der Waals surface area contributed by atoms with Gasteiger partial charge in [-0.15, -0.1) is 0 Å². The van der Waals surface area contributed by atoms with Crippen LogP contribution in [-0.4, -0.2) is 30.4 Å². The van der Waals surface area contributed by atoms with Gasteiger partial charge in [0.1, 0.15) is 0 Å². The van der Waals surface area contributed by atoms with E-state index in [4.69, 9.17) is 9.60 Å². The van der Waals surface area contributed by atoms with E-state index < -0.39 is 45.9 Å². The molecule has 0 amide bonds. The quantitative estimate of drug-likeness (QED) is 0.311. The van der Waals surface area contributed by atoms with Crippen molar-refractivity contribution in [3.8, 4) is 28.5 Å². The van der Waals surface area contributed by atoms with Gasteiger partial charge in [-0.3, -0.25) is 0 Å². The van der Waals surface area contributed by atoms with Crippen molar-refractivity contribution in [1.82, 2.24) is 9.97 Å². The van der Waals surface area contributed by atoms with Gasteiger partial charge in [0.15, 0.2) is 0 Å². The van der Waals surface area contributed by atoms with E-state index in [9.17, 15) is 5.26 Å². The average Bonchev–Trinajstić information content (AvgIpc) is 3.25. The number of nitriles is 1. The number of nitrogens with zero attached hydrogens (tertiary/aromatic N) is 3. The zero-order chi connectivity index (χ0) is 27.3. The summed E-state index contributed by atoms with van der Waals surface area (Å²) in [6.45, 7) is 0.683. The molecular weight excluding hydrogens is 482 g/mol. The third-order valence-corrected chi connectivity index (χ3v) is 7.50. The number of benzene rings is 2. The maximum absolute atomic E-state index is 9.34. The first-order chi connectivity index (χ1) is 17.1. The zero-order valence-electron chi connectivity index (χ0n) is 23.9. The Morgan fingerprint density at radius 1 is 1.07 bits per heavy atom. The first kappa shape index (κ1) is 13.8. The van der Waals surface area contributed by atoms with Gasteiger partial charge in [0, 0.05) is 0 Å². The van der Waals surface area contributed by atoms with Crippen LogP contribution in [0, 0.1) is 30.4 Å². The van der Waals surface area contributed by atoms with Crippen LogP contribution in [-0.2, 0) is 6.40 Å². The molecule has 1 atom stereocenters. The molecule has 0 N–H and O–H groups in total. The second kappa shape index (κ2) is 7.99. The van der Waals surface area contributed by atoms with Crippen molar-refractivity contribution in [2.24, 2.45) is 5.41 Å². The summed E-state index contributed by atoms with van der Waals surface area (Å²) in [4.78, 5) is 8.85. The maximum atomic E-state index is 9.34. The summed E-state index contributed by atoms with van der Waals surface area (Å²) in [6, 6.07) is 14.1. The van der Waals surface area contributed by atoms with Crippen LogP contribution in [0.25, 0.3) is 31.3 Å². The minimum atomic E-state index is -2.53. The van der Waals surface area contributed by atoms with Crippen molar-refractivity contribution in [2.75, 3.05) is 0 Å². The van der Waals surface area contributed by atoms with Crippen molar-refractivity contribution in [1.29, 1.82) is 5.26 Å². The van der Waals surface area contributed by atoms with Gasteiger partial charge in [-0.2, -0.15) is 0 Å². The van der Waals surface area contributed by atoms with E-state index in [2.05, 4.69) is 16.0 Å². The van der Waals surface area contributed by atoms with E-state index in [-0.39, 0.29) is 22.3 Å². The molecule has 0 aliphatic rings. The van der Waals surface area contributed by atoms with Gasteiger partial charge in [-0.1, -0.05) is 0 Å². The van der Waals surface area contributed by atoms with Gasteiger partial charge in [0.2, 0.25) is 0 Å². The summed E-state index contributed by atoms with van der Waals surface area (Å²) < 4.78 is 59.0. The first-order valence-corrected chi connectivity index (χ1v) is 11.8. The fourth-order valence-electron chi connectivity index (χ4n) is 3.41. The predicted molar refractivity (Wildman–Crippen MR) is 125 cm³/mol. The molecule has 0 fully saturated rings. The molecule has 2 aromatic heterocycles. The fourth-order valence-corrected chi connectivity index (χ4v) is 5.93. The van der Waals surface area contributed by atoms with Crippen LogP contribution in [0.1, 0.15) is 50.8 Å². The van der Waals surface area contributed by atoms with Crippen LogP contribution in [0.3, 0.4) is 0 Å². The molecule has 2 heterocycles. The number of aromatic nitrogens is 2. The van der Waals surface area contributed by atoms with Crippen molar-refractivity contribution < 1.29 is 9.60 Å². The summed E-state index contributed by atoms with van der Waals surface area (Å²) in [5.74, 6) is 0. The Bertz CT molecular complexity index is 1520. The predicted octanol–water partition coefficient (Wildman–Crippen LogP) is 6.10. The number of rotatable bonds is 3. The van der Waals surface area contributed by atoms with E-state index in [1.54, 1.807) is 18.2 Å². The molecule has 2 aromatic carbocycles. The van der Waals surface area contributed by atoms with Gasteiger partial charge in [0.05, 0.1) is 0 Å². The van der Waals surface area contributed by atoms with Crippen LogP contribution in [0.4, 0.5) is 0 Å². The Morgan fingerprint density at radius 3 is 2.63 bits per heavy atom. The molecule has 0 bridgehead atoms. The number of aryl methyl sites for hydroxylation is 2. The number of hydrogen-bond donors (Lipinski definition) is 0. The standard InChI is InChI=1S/C26H25N3Te/c1-16-11-18(13-26(3,4)5)9-10-19(16)21-12-23(28-15-17(21)2)20-7-6-8-22-25(20)30-24(14-27)29-22/h6-12,15H,13H2,1-5H3/i1D3,2D3,13D. The zero-order valence-corrected chi connectivity index (χ0v) is 19.3. The molecule has 3 nitrogen and oxygen atoms in total. The van der Waals surface area contributed by atoms with E-state index in [0.29, 0.717) is 15.0 Å². The molecule has 150 valence electrons.